The highest BCUT2D eigenvalue weighted by molar-refractivity contribution is 6.04. The van der Waals surface area contributed by atoms with E-state index >= 15 is 0 Å². The van der Waals surface area contributed by atoms with Crippen LogP contribution in [0.25, 0.3) is 0 Å². The predicted molar refractivity (Wildman–Crippen MR) is 123 cm³/mol. The zero-order chi connectivity index (χ0) is 24.7. The van der Waals surface area contributed by atoms with Crippen molar-refractivity contribution in [1.29, 1.82) is 0 Å². The van der Waals surface area contributed by atoms with Gasteiger partial charge in [-0.1, -0.05) is 39.0 Å². The van der Waals surface area contributed by atoms with Gasteiger partial charge >= 0.3 is 5.97 Å². The molecule has 0 amide bonds. The van der Waals surface area contributed by atoms with Gasteiger partial charge in [-0.25, -0.2) is 0 Å². The fraction of sp³-hybridized carbons (Fsp3) is 0.593. The van der Waals surface area contributed by atoms with Crippen molar-refractivity contribution in [2.45, 2.75) is 63.8 Å². The number of rotatable bonds is 4. The summed E-state index contributed by atoms with van der Waals surface area (Å²) in [7, 11) is 0. The van der Waals surface area contributed by atoms with Crippen LogP contribution in [0.5, 0.6) is 0 Å². The molecule has 7 heteroatoms. The van der Waals surface area contributed by atoms with Gasteiger partial charge in [0.2, 0.25) is 0 Å². The van der Waals surface area contributed by atoms with Gasteiger partial charge in [0.15, 0.2) is 5.78 Å². The maximum Gasteiger partial charge on any atom is 0.310 e. The van der Waals surface area contributed by atoms with E-state index in [0.717, 1.165) is 5.56 Å². The monoisotopic (exact) mass is 467 g/mol. The number of aliphatic hydroxyl groups excluding tert-OH is 1. The van der Waals surface area contributed by atoms with Crippen LogP contribution in [0.2, 0.25) is 0 Å². The summed E-state index contributed by atoms with van der Waals surface area (Å²) in [5, 5.41) is 33.9. The number of pyridine rings is 1. The van der Waals surface area contributed by atoms with Gasteiger partial charge in [0.25, 0.3) is 0 Å². The number of carbonyl (C=O) groups excluding carboxylic acids is 2. The van der Waals surface area contributed by atoms with Gasteiger partial charge in [0, 0.05) is 42.0 Å². The lowest BCUT2D eigenvalue weighted by molar-refractivity contribution is -0.186. The number of aromatic nitrogens is 1. The molecule has 4 aliphatic carbocycles. The second-order valence-corrected chi connectivity index (χ2v) is 11.4. The number of esters is 1. The van der Waals surface area contributed by atoms with Crippen molar-refractivity contribution >= 4 is 11.8 Å². The van der Waals surface area contributed by atoms with Gasteiger partial charge in [-0.05, 0) is 42.0 Å². The SMILES string of the molecule is CC1=C[C@H]2[C@@]3(O)[C@H](C)C[C@]4(OC(=O)Cc5cccnc5)[C@H]([C@@H]3C=C(CO)C[C@]2(O)C1=O)C4(C)C. The van der Waals surface area contributed by atoms with Crippen LogP contribution in [0.1, 0.15) is 46.1 Å². The van der Waals surface area contributed by atoms with Gasteiger partial charge in [-0.2, -0.15) is 0 Å². The average Bonchev–Trinajstić information content (AvgIpc) is 3.18. The summed E-state index contributed by atoms with van der Waals surface area (Å²) < 4.78 is 6.21. The molecule has 0 spiro atoms. The molecule has 2 saturated carbocycles. The number of hydrogen-bond donors (Lipinski definition) is 3. The zero-order valence-corrected chi connectivity index (χ0v) is 20.1. The van der Waals surface area contributed by atoms with Gasteiger partial charge < -0.3 is 20.1 Å². The maximum atomic E-state index is 13.0. The molecular formula is C27H33NO6. The Morgan fingerprint density at radius 3 is 2.65 bits per heavy atom. The third kappa shape index (κ3) is 2.90. The smallest absolute Gasteiger partial charge is 0.310 e. The van der Waals surface area contributed by atoms with Crippen LogP contribution >= 0.6 is 0 Å². The second kappa shape index (κ2) is 7.33. The van der Waals surface area contributed by atoms with Crippen molar-refractivity contribution in [2.24, 2.45) is 29.1 Å². The molecule has 4 aliphatic rings. The Hall–Kier alpha value is -2.35. The third-order valence-corrected chi connectivity index (χ3v) is 9.24. The van der Waals surface area contributed by atoms with E-state index in [1.165, 1.54) is 0 Å². The molecule has 0 bridgehead atoms. The lowest BCUT2D eigenvalue weighted by Gasteiger charge is -2.50. The molecule has 0 unspecified atom stereocenters. The van der Waals surface area contributed by atoms with Gasteiger partial charge in [0.1, 0.15) is 11.2 Å². The highest BCUT2D eigenvalue weighted by atomic mass is 16.6. The minimum Gasteiger partial charge on any atom is -0.458 e. The van der Waals surface area contributed by atoms with Crippen molar-refractivity contribution in [3.63, 3.8) is 0 Å². The Labute approximate surface area is 199 Å². The number of carbonyl (C=O) groups is 2. The largest absolute Gasteiger partial charge is 0.458 e. The first-order chi connectivity index (χ1) is 15.9. The van der Waals surface area contributed by atoms with Crippen LogP contribution in [0.4, 0.5) is 0 Å². The van der Waals surface area contributed by atoms with Gasteiger partial charge in [-0.3, -0.25) is 14.6 Å². The van der Waals surface area contributed by atoms with E-state index in [2.05, 4.69) is 4.98 Å². The van der Waals surface area contributed by atoms with Crippen molar-refractivity contribution in [1.82, 2.24) is 4.98 Å². The molecule has 1 aromatic rings. The normalized spacial score (nSPS) is 41.9. The van der Waals surface area contributed by atoms with Crippen molar-refractivity contribution < 1.29 is 29.6 Å². The second-order valence-electron chi connectivity index (χ2n) is 11.4. The molecule has 182 valence electrons. The topological polar surface area (TPSA) is 117 Å². The lowest BCUT2D eigenvalue weighted by Crippen LogP contribution is -2.61. The standard InChI is InChI=1S/C27H33NO6/c1-15-8-20-25(32,23(15)31)12-18(14-29)9-19-22-24(3,4)26(22,11-16(2)27(19,20)33)34-21(30)10-17-6-5-7-28-13-17/h5-9,13,16,19-20,22,29,32-33H,10-12,14H2,1-4H3/t16-,19+,20-,22-,25-,26+,27-/m1/s1. The first kappa shape index (κ1) is 23.4. The highest BCUT2D eigenvalue weighted by Gasteiger charge is 2.83. The molecular weight excluding hydrogens is 434 g/mol. The quantitative estimate of drug-likeness (QED) is 0.459. The first-order valence-corrected chi connectivity index (χ1v) is 12.0. The fourth-order valence-electron chi connectivity index (χ4n) is 7.51. The van der Waals surface area contributed by atoms with Crippen LogP contribution in [-0.4, -0.2) is 55.5 Å². The van der Waals surface area contributed by atoms with Crippen LogP contribution in [-0.2, 0) is 20.7 Å². The summed E-state index contributed by atoms with van der Waals surface area (Å²) in [6.45, 7) is 7.33. The molecule has 0 saturated heterocycles. The minimum atomic E-state index is -1.79. The summed E-state index contributed by atoms with van der Waals surface area (Å²) in [6.07, 6.45) is 7.35. The number of ketones is 1. The van der Waals surface area contributed by atoms with Gasteiger partial charge in [-0.15, -0.1) is 0 Å². The minimum absolute atomic E-state index is 0.0205. The summed E-state index contributed by atoms with van der Waals surface area (Å²) in [4.78, 5) is 30.0. The summed E-state index contributed by atoms with van der Waals surface area (Å²) in [5.41, 5.74) is -2.68. The number of Topliss-reactive ketones (excluding diaryl/α,β-unsaturated/α-hetero) is 1. The number of ether oxygens (including phenoxy) is 1. The number of nitrogens with zero attached hydrogens (tertiary/aromatic N) is 1. The molecule has 1 aromatic heterocycles. The van der Waals surface area contributed by atoms with Crippen LogP contribution < -0.4 is 0 Å². The highest BCUT2D eigenvalue weighted by Crippen LogP contribution is 2.76. The Morgan fingerprint density at radius 2 is 2.00 bits per heavy atom. The Balaban J connectivity index is 1.54. The van der Waals surface area contributed by atoms with Crippen LogP contribution in [0.15, 0.2) is 47.8 Å². The van der Waals surface area contributed by atoms with E-state index in [9.17, 15) is 24.9 Å². The van der Waals surface area contributed by atoms with E-state index in [4.69, 9.17) is 4.74 Å². The van der Waals surface area contributed by atoms with E-state index in [1.54, 1.807) is 31.5 Å². The van der Waals surface area contributed by atoms with Crippen molar-refractivity contribution in [3.8, 4) is 0 Å². The molecule has 7 nitrogen and oxygen atoms in total. The summed E-state index contributed by atoms with van der Waals surface area (Å²) in [6, 6.07) is 3.61. The molecule has 34 heavy (non-hydrogen) atoms. The van der Waals surface area contributed by atoms with Gasteiger partial charge in [0.05, 0.1) is 18.6 Å². The molecule has 5 rings (SSSR count). The van der Waals surface area contributed by atoms with Crippen LogP contribution in [0.3, 0.4) is 0 Å². The van der Waals surface area contributed by atoms with E-state index in [0.29, 0.717) is 17.6 Å². The first-order valence-electron chi connectivity index (χ1n) is 12.0. The fourth-order valence-corrected chi connectivity index (χ4v) is 7.51. The zero-order valence-electron chi connectivity index (χ0n) is 20.1. The number of fused-ring (bicyclic) bond motifs is 5. The molecule has 7 atom stereocenters. The van der Waals surface area contributed by atoms with E-state index < -0.39 is 39.8 Å². The molecule has 0 radical (unpaired) electrons. The lowest BCUT2D eigenvalue weighted by atomic mass is 9.60. The molecule has 0 aliphatic heterocycles. The van der Waals surface area contributed by atoms with E-state index in [1.807, 2.05) is 32.9 Å². The molecule has 0 aromatic carbocycles. The predicted octanol–water partition coefficient (Wildman–Crippen LogP) is 2.15. The molecule has 1 heterocycles. The number of hydrogen-bond acceptors (Lipinski definition) is 7. The maximum absolute atomic E-state index is 13.0. The van der Waals surface area contributed by atoms with Crippen molar-refractivity contribution in [2.75, 3.05) is 6.61 Å². The summed E-state index contributed by atoms with van der Waals surface area (Å²) >= 11 is 0. The number of aliphatic hydroxyl groups is 3. The molecule has 2 fully saturated rings. The molecule has 3 N–H and O–H groups in total. The van der Waals surface area contributed by atoms with Crippen molar-refractivity contribution in [3.05, 3.63) is 53.4 Å². The van der Waals surface area contributed by atoms with Crippen LogP contribution in [0, 0.1) is 29.1 Å². The van der Waals surface area contributed by atoms with E-state index in [-0.39, 0.29) is 37.3 Å². The third-order valence-electron chi connectivity index (χ3n) is 9.24. The Bertz CT molecular complexity index is 1110. The Morgan fingerprint density at radius 1 is 1.26 bits per heavy atom. The summed E-state index contributed by atoms with van der Waals surface area (Å²) in [5.74, 6) is -2.62. The average molecular weight is 468 g/mol. The Kier molecular flexibility index (Phi) is 5.04.